The van der Waals surface area contributed by atoms with Crippen molar-refractivity contribution >= 4 is 40.5 Å². The van der Waals surface area contributed by atoms with Crippen LogP contribution in [0.2, 0.25) is 5.02 Å². The third-order valence-electron chi connectivity index (χ3n) is 4.49. The molecule has 0 aromatic heterocycles. The number of benzene rings is 2. The summed E-state index contributed by atoms with van der Waals surface area (Å²) in [4.78, 5) is 28.7. The number of hydrogen-bond acceptors (Lipinski definition) is 4. The smallest absolute Gasteiger partial charge is 0.233 e. The first-order valence-corrected chi connectivity index (χ1v) is 9.27. The third kappa shape index (κ3) is 5.45. The highest BCUT2D eigenvalue weighted by atomic mass is 35.5. The number of halogens is 1. The first-order chi connectivity index (χ1) is 13.0. The van der Waals surface area contributed by atoms with E-state index < -0.39 is 5.91 Å². The van der Waals surface area contributed by atoms with Gasteiger partial charge in [-0.15, -0.1) is 0 Å². The molecule has 1 saturated heterocycles. The van der Waals surface area contributed by atoms with Gasteiger partial charge < -0.3 is 20.4 Å². The van der Waals surface area contributed by atoms with E-state index in [1.165, 1.54) is 0 Å². The Balaban J connectivity index is 1.50. The Kier molecular flexibility index (Phi) is 6.32. The van der Waals surface area contributed by atoms with Crippen molar-refractivity contribution in [1.29, 1.82) is 0 Å². The van der Waals surface area contributed by atoms with Gasteiger partial charge >= 0.3 is 0 Å². The Bertz CT molecular complexity index is 802. The van der Waals surface area contributed by atoms with Crippen molar-refractivity contribution in [2.75, 3.05) is 48.8 Å². The van der Waals surface area contributed by atoms with E-state index >= 15 is 0 Å². The number of carbonyl (C=O) groups is 2. The van der Waals surface area contributed by atoms with Crippen LogP contribution in [0.3, 0.4) is 0 Å². The molecule has 1 aliphatic heterocycles. The van der Waals surface area contributed by atoms with Crippen LogP contribution in [0.4, 0.5) is 17.1 Å². The fourth-order valence-electron chi connectivity index (χ4n) is 2.93. The molecule has 1 fully saturated rings. The zero-order valence-corrected chi connectivity index (χ0v) is 16.0. The summed E-state index contributed by atoms with van der Waals surface area (Å²) >= 11 is 6.00. The summed E-state index contributed by atoms with van der Waals surface area (Å²) in [6.45, 7) is 4.06. The maximum Gasteiger partial charge on any atom is 0.233 e. The first-order valence-electron chi connectivity index (χ1n) is 8.89. The number of likely N-dealkylation sites (N-methyl/N-ethyl adjacent to an activating group) is 1. The molecule has 2 aromatic rings. The van der Waals surface area contributed by atoms with Gasteiger partial charge in [0.05, 0.1) is 10.7 Å². The van der Waals surface area contributed by atoms with Crippen LogP contribution < -0.4 is 15.5 Å². The topological polar surface area (TPSA) is 64.7 Å². The number of amides is 2. The van der Waals surface area contributed by atoms with Crippen LogP contribution in [0.5, 0.6) is 0 Å². The lowest BCUT2D eigenvalue weighted by Crippen LogP contribution is -2.44. The van der Waals surface area contributed by atoms with Gasteiger partial charge in [0.2, 0.25) is 11.8 Å². The number of piperazine rings is 1. The van der Waals surface area contributed by atoms with Crippen LogP contribution in [-0.2, 0) is 9.59 Å². The maximum atomic E-state index is 12.1. The largest absolute Gasteiger partial charge is 0.369 e. The molecular weight excluding hydrogens is 364 g/mol. The van der Waals surface area contributed by atoms with E-state index in [2.05, 4.69) is 27.5 Å². The zero-order valence-electron chi connectivity index (χ0n) is 15.2. The van der Waals surface area contributed by atoms with Gasteiger partial charge in [0, 0.05) is 37.6 Å². The molecule has 0 unspecified atom stereocenters. The molecular formula is C20H23ClN4O2. The van der Waals surface area contributed by atoms with E-state index in [-0.39, 0.29) is 12.3 Å². The van der Waals surface area contributed by atoms with Gasteiger partial charge in [0.15, 0.2) is 0 Å². The Labute approximate surface area is 164 Å². The van der Waals surface area contributed by atoms with E-state index in [0.29, 0.717) is 16.4 Å². The molecule has 0 radical (unpaired) electrons. The minimum atomic E-state index is -0.408. The molecule has 27 heavy (non-hydrogen) atoms. The predicted octanol–water partition coefficient (Wildman–Crippen LogP) is 3.06. The highest BCUT2D eigenvalue weighted by Crippen LogP contribution is 2.21. The minimum Gasteiger partial charge on any atom is -0.369 e. The molecule has 0 bridgehead atoms. The highest BCUT2D eigenvalue weighted by molar-refractivity contribution is 6.33. The number of nitrogens with one attached hydrogen (secondary N) is 2. The summed E-state index contributed by atoms with van der Waals surface area (Å²) in [5.74, 6) is -0.776. The lowest BCUT2D eigenvalue weighted by molar-refractivity contribution is -0.123. The summed E-state index contributed by atoms with van der Waals surface area (Å²) in [5.41, 5.74) is 2.30. The molecule has 3 rings (SSSR count). The molecule has 142 valence electrons. The third-order valence-corrected chi connectivity index (χ3v) is 4.82. The summed E-state index contributed by atoms with van der Waals surface area (Å²) in [7, 11) is 2.12. The summed E-state index contributed by atoms with van der Waals surface area (Å²) in [6.07, 6.45) is -0.272. The number of rotatable bonds is 5. The van der Waals surface area contributed by atoms with Gasteiger partial charge in [0.1, 0.15) is 6.42 Å². The number of para-hydroxylation sites is 1. The van der Waals surface area contributed by atoms with Crippen molar-refractivity contribution in [2.24, 2.45) is 0 Å². The van der Waals surface area contributed by atoms with Gasteiger partial charge in [0.25, 0.3) is 0 Å². The van der Waals surface area contributed by atoms with Crippen LogP contribution in [-0.4, -0.2) is 49.9 Å². The lowest BCUT2D eigenvalue weighted by Gasteiger charge is -2.34. The predicted molar refractivity (Wildman–Crippen MR) is 109 cm³/mol. The summed E-state index contributed by atoms with van der Waals surface area (Å²) < 4.78 is 0. The van der Waals surface area contributed by atoms with E-state index in [9.17, 15) is 9.59 Å². The van der Waals surface area contributed by atoms with Gasteiger partial charge in [-0.05, 0) is 43.4 Å². The second-order valence-electron chi connectivity index (χ2n) is 6.59. The minimum absolute atomic E-state index is 0.272. The van der Waals surface area contributed by atoms with Crippen LogP contribution in [0.15, 0.2) is 48.5 Å². The Morgan fingerprint density at radius 2 is 1.56 bits per heavy atom. The number of carbonyl (C=O) groups excluding carboxylic acids is 2. The molecule has 6 nitrogen and oxygen atoms in total. The average Bonchev–Trinajstić information content (AvgIpc) is 2.65. The van der Waals surface area contributed by atoms with Crippen molar-refractivity contribution in [3.8, 4) is 0 Å². The molecule has 1 aliphatic rings. The Morgan fingerprint density at radius 1 is 0.926 bits per heavy atom. The van der Waals surface area contributed by atoms with E-state index in [0.717, 1.165) is 31.9 Å². The van der Waals surface area contributed by atoms with Gasteiger partial charge in [-0.2, -0.15) is 0 Å². The second-order valence-corrected chi connectivity index (χ2v) is 7.00. The summed E-state index contributed by atoms with van der Waals surface area (Å²) in [6, 6.07) is 14.6. The van der Waals surface area contributed by atoms with Crippen molar-refractivity contribution in [1.82, 2.24) is 4.90 Å². The summed E-state index contributed by atoms with van der Waals surface area (Å²) in [5, 5.41) is 5.83. The van der Waals surface area contributed by atoms with Crippen LogP contribution >= 0.6 is 11.6 Å². The van der Waals surface area contributed by atoms with Gasteiger partial charge in [-0.1, -0.05) is 23.7 Å². The fourth-order valence-corrected chi connectivity index (χ4v) is 3.11. The molecule has 7 heteroatoms. The average molecular weight is 387 g/mol. The standard InChI is InChI=1S/C20H23ClN4O2/c1-24-10-12-25(13-11-24)16-8-6-15(7-9-16)22-19(26)14-20(27)23-18-5-3-2-4-17(18)21/h2-9H,10-14H2,1H3,(H,22,26)(H,23,27). The number of nitrogens with zero attached hydrogens (tertiary/aromatic N) is 2. The Hall–Kier alpha value is -2.57. The number of hydrogen-bond donors (Lipinski definition) is 2. The van der Waals surface area contributed by atoms with Crippen molar-refractivity contribution in [3.63, 3.8) is 0 Å². The molecule has 0 aliphatic carbocycles. The van der Waals surface area contributed by atoms with Crippen LogP contribution in [0, 0.1) is 0 Å². The van der Waals surface area contributed by atoms with E-state index in [1.54, 1.807) is 24.3 Å². The molecule has 0 saturated carbocycles. The SMILES string of the molecule is CN1CCN(c2ccc(NC(=O)CC(=O)Nc3ccccc3Cl)cc2)CC1. The molecule has 0 spiro atoms. The molecule has 0 atom stereocenters. The number of anilines is 3. The second kappa shape index (κ2) is 8.88. The molecule has 2 amide bonds. The molecule has 2 N–H and O–H groups in total. The molecule has 2 aromatic carbocycles. The van der Waals surface area contributed by atoms with E-state index in [4.69, 9.17) is 11.6 Å². The van der Waals surface area contributed by atoms with E-state index in [1.807, 2.05) is 24.3 Å². The van der Waals surface area contributed by atoms with Crippen molar-refractivity contribution in [2.45, 2.75) is 6.42 Å². The quantitative estimate of drug-likeness (QED) is 0.775. The van der Waals surface area contributed by atoms with Gasteiger partial charge in [-0.3, -0.25) is 9.59 Å². The monoisotopic (exact) mass is 386 g/mol. The lowest BCUT2D eigenvalue weighted by atomic mass is 10.2. The first kappa shape index (κ1) is 19.2. The van der Waals surface area contributed by atoms with Gasteiger partial charge in [-0.25, -0.2) is 0 Å². The van der Waals surface area contributed by atoms with Crippen LogP contribution in [0.1, 0.15) is 6.42 Å². The fraction of sp³-hybridized carbons (Fsp3) is 0.300. The van der Waals surface area contributed by atoms with Crippen molar-refractivity contribution < 1.29 is 9.59 Å². The molecule has 1 heterocycles. The Morgan fingerprint density at radius 3 is 2.22 bits per heavy atom. The normalized spacial score (nSPS) is 14.7. The zero-order chi connectivity index (χ0) is 19.2. The maximum absolute atomic E-state index is 12.1. The van der Waals surface area contributed by atoms with Crippen LogP contribution in [0.25, 0.3) is 0 Å². The van der Waals surface area contributed by atoms with Crippen molar-refractivity contribution in [3.05, 3.63) is 53.6 Å². The highest BCUT2D eigenvalue weighted by Gasteiger charge is 2.15.